The SMILES string of the molecule is CC(c1ccc(Cl)cc1)[N+](C)(C)CCO.CCCCCCCCCCCCc1ccc(S(=O)(=O)[O-])cc1. The van der Waals surface area contributed by atoms with E-state index in [1.165, 1.54) is 75.5 Å². The highest BCUT2D eigenvalue weighted by Crippen LogP contribution is 2.25. The molecular weight excluding hydrogens is 506 g/mol. The lowest BCUT2D eigenvalue weighted by molar-refractivity contribution is -0.919. The second-order valence-electron chi connectivity index (χ2n) is 10.5. The number of unbranched alkanes of at least 4 members (excludes halogenated alkanes) is 9. The zero-order chi connectivity index (χ0) is 27.7. The minimum atomic E-state index is -4.31. The van der Waals surface area contributed by atoms with E-state index in [9.17, 15) is 13.0 Å². The van der Waals surface area contributed by atoms with Crippen LogP contribution < -0.4 is 0 Å². The Labute approximate surface area is 231 Å². The summed E-state index contributed by atoms with van der Waals surface area (Å²) in [5.41, 5.74) is 2.35. The van der Waals surface area contributed by atoms with Crippen LogP contribution in [0.4, 0.5) is 0 Å². The maximum atomic E-state index is 10.8. The van der Waals surface area contributed by atoms with E-state index in [2.05, 4.69) is 27.9 Å². The average molecular weight is 554 g/mol. The van der Waals surface area contributed by atoms with E-state index in [0.717, 1.165) is 34.5 Å². The van der Waals surface area contributed by atoms with E-state index in [1.807, 2.05) is 24.3 Å². The van der Waals surface area contributed by atoms with Gasteiger partial charge in [-0.1, -0.05) is 101 Å². The fraction of sp³-hybridized carbons (Fsp3) is 0.600. The normalized spacial score (nSPS) is 12.6. The fourth-order valence-electron chi connectivity index (χ4n) is 4.24. The smallest absolute Gasteiger partial charge is 0.124 e. The van der Waals surface area contributed by atoms with Gasteiger partial charge >= 0.3 is 0 Å². The molecule has 1 N–H and O–H groups in total. The summed E-state index contributed by atoms with van der Waals surface area (Å²) < 4.78 is 33.3. The zero-order valence-corrected chi connectivity index (χ0v) is 24.9. The molecular formula is C30H48ClNO4S. The van der Waals surface area contributed by atoms with Gasteiger partial charge in [-0.05, 0) is 49.6 Å². The number of halogens is 1. The van der Waals surface area contributed by atoms with Gasteiger partial charge in [0.15, 0.2) is 0 Å². The number of likely N-dealkylation sites (N-methyl/N-ethyl adjacent to an activating group) is 1. The molecule has 0 saturated carbocycles. The van der Waals surface area contributed by atoms with Gasteiger partial charge < -0.3 is 14.1 Å². The largest absolute Gasteiger partial charge is 0.744 e. The van der Waals surface area contributed by atoms with E-state index in [1.54, 1.807) is 12.1 Å². The highest BCUT2D eigenvalue weighted by atomic mass is 35.5. The minimum Gasteiger partial charge on any atom is -0.744 e. The van der Waals surface area contributed by atoms with Crippen LogP contribution in [-0.4, -0.2) is 49.8 Å². The molecule has 0 aliphatic rings. The van der Waals surface area contributed by atoms with Crippen molar-refractivity contribution in [3.63, 3.8) is 0 Å². The number of aryl methyl sites for hydroxylation is 1. The van der Waals surface area contributed by atoms with Crippen molar-refractivity contribution in [1.29, 1.82) is 0 Å². The molecule has 2 rings (SSSR count). The Morgan fingerprint density at radius 3 is 1.78 bits per heavy atom. The Kier molecular flexibility index (Phi) is 16.3. The van der Waals surface area contributed by atoms with Crippen LogP contribution in [0.3, 0.4) is 0 Å². The molecule has 0 fully saturated rings. The third-order valence-electron chi connectivity index (χ3n) is 7.11. The van der Waals surface area contributed by atoms with E-state index in [-0.39, 0.29) is 11.5 Å². The van der Waals surface area contributed by atoms with Crippen molar-refractivity contribution in [2.24, 2.45) is 0 Å². The van der Waals surface area contributed by atoms with Gasteiger partial charge in [0.25, 0.3) is 0 Å². The van der Waals surface area contributed by atoms with Gasteiger partial charge in [-0.2, -0.15) is 0 Å². The van der Waals surface area contributed by atoms with Gasteiger partial charge in [0.2, 0.25) is 0 Å². The molecule has 0 amide bonds. The molecule has 37 heavy (non-hydrogen) atoms. The highest BCUT2D eigenvalue weighted by molar-refractivity contribution is 7.85. The van der Waals surface area contributed by atoms with Crippen LogP contribution >= 0.6 is 11.6 Å². The summed E-state index contributed by atoms with van der Waals surface area (Å²) in [4.78, 5) is -0.140. The molecule has 1 unspecified atom stereocenters. The van der Waals surface area contributed by atoms with Gasteiger partial charge in [0.05, 0.1) is 25.6 Å². The van der Waals surface area contributed by atoms with E-state index in [4.69, 9.17) is 16.7 Å². The maximum absolute atomic E-state index is 10.8. The van der Waals surface area contributed by atoms with Crippen molar-refractivity contribution in [3.05, 3.63) is 64.7 Å². The number of aliphatic hydroxyl groups excluding tert-OH is 1. The molecule has 2 aromatic rings. The number of rotatable bonds is 16. The summed E-state index contributed by atoms with van der Waals surface area (Å²) in [6.07, 6.45) is 14.0. The molecule has 0 radical (unpaired) electrons. The lowest BCUT2D eigenvalue weighted by atomic mass is 10.0. The molecule has 0 aliphatic heterocycles. The Bertz CT molecular complexity index is 960. The number of hydrogen-bond donors (Lipinski definition) is 1. The van der Waals surface area contributed by atoms with Crippen molar-refractivity contribution in [1.82, 2.24) is 0 Å². The molecule has 1 atom stereocenters. The highest BCUT2D eigenvalue weighted by Gasteiger charge is 2.24. The molecule has 0 bridgehead atoms. The summed E-state index contributed by atoms with van der Waals surface area (Å²) in [5, 5.41) is 9.77. The first-order valence-corrected chi connectivity index (χ1v) is 15.5. The monoisotopic (exact) mass is 553 g/mol. The Balaban J connectivity index is 0.000000397. The molecule has 0 aliphatic carbocycles. The average Bonchev–Trinajstić information content (AvgIpc) is 2.85. The van der Waals surface area contributed by atoms with E-state index >= 15 is 0 Å². The van der Waals surface area contributed by atoms with Crippen molar-refractivity contribution in [3.8, 4) is 0 Å². The van der Waals surface area contributed by atoms with Gasteiger partial charge in [0, 0.05) is 10.6 Å². The zero-order valence-electron chi connectivity index (χ0n) is 23.3. The minimum absolute atomic E-state index is 0.140. The fourth-order valence-corrected chi connectivity index (χ4v) is 4.83. The molecule has 7 heteroatoms. The summed E-state index contributed by atoms with van der Waals surface area (Å²) >= 11 is 5.85. The van der Waals surface area contributed by atoms with Gasteiger partial charge in [-0.25, -0.2) is 8.42 Å². The van der Waals surface area contributed by atoms with Gasteiger partial charge in [-0.15, -0.1) is 0 Å². The summed E-state index contributed by atoms with van der Waals surface area (Å²) in [5.74, 6) is 0. The predicted octanol–water partition coefficient (Wildman–Crippen LogP) is 7.52. The third kappa shape index (κ3) is 14.3. The van der Waals surface area contributed by atoms with Crippen LogP contribution in [-0.2, 0) is 16.5 Å². The van der Waals surface area contributed by atoms with E-state index < -0.39 is 10.1 Å². The first kappa shape index (κ1) is 33.6. The van der Waals surface area contributed by atoms with Crippen molar-refractivity contribution in [2.75, 3.05) is 27.2 Å². The Hall–Kier alpha value is -1.44. The van der Waals surface area contributed by atoms with Crippen LogP contribution in [0.1, 0.15) is 95.2 Å². The molecule has 2 aromatic carbocycles. The summed E-state index contributed by atoms with van der Waals surface area (Å²) in [6, 6.07) is 14.6. The maximum Gasteiger partial charge on any atom is 0.124 e. The molecule has 5 nitrogen and oxygen atoms in total. The van der Waals surface area contributed by atoms with E-state index in [0.29, 0.717) is 6.04 Å². The van der Waals surface area contributed by atoms with Crippen LogP contribution in [0.2, 0.25) is 5.02 Å². The molecule has 0 spiro atoms. The second kappa shape index (κ2) is 18.0. The Morgan fingerprint density at radius 1 is 0.838 bits per heavy atom. The van der Waals surface area contributed by atoms with Crippen LogP contribution in [0.15, 0.2) is 53.4 Å². The molecule has 0 saturated heterocycles. The van der Waals surface area contributed by atoms with Gasteiger partial charge in [-0.3, -0.25) is 0 Å². The van der Waals surface area contributed by atoms with Gasteiger partial charge in [0.1, 0.15) is 22.7 Å². The lowest BCUT2D eigenvalue weighted by Crippen LogP contribution is -2.43. The second-order valence-corrected chi connectivity index (χ2v) is 12.3. The first-order chi connectivity index (χ1) is 17.5. The number of quaternary nitrogens is 1. The first-order valence-electron chi connectivity index (χ1n) is 13.7. The van der Waals surface area contributed by atoms with Crippen molar-refractivity contribution in [2.45, 2.75) is 95.4 Å². The molecule has 0 heterocycles. The third-order valence-corrected chi connectivity index (χ3v) is 8.21. The standard InChI is InChI=1S/C18H30O3S.C12H19ClNO/c1-2-3-4-5-6-7-8-9-10-11-12-17-13-15-18(16-14-17)22(19,20)21;1-10(14(2,3)8-9-15)11-4-6-12(13)7-5-11/h13-16H,2-12H2,1H3,(H,19,20,21);4-7,10,15H,8-9H2,1-3H3/q;+1/p-1. The van der Waals surface area contributed by atoms with Crippen molar-refractivity contribution >= 4 is 21.7 Å². The van der Waals surface area contributed by atoms with Crippen LogP contribution in [0.25, 0.3) is 0 Å². The van der Waals surface area contributed by atoms with Crippen LogP contribution in [0, 0.1) is 0 Å². The summed E-state index contributed by atoms with van der Waals surface area (Å²) in [6.45, 7) is 5.38. The Morgan fingerprint density at radius 2 is 1.32 bits per heavy atom. The topological polar surface area (TPSA) is 77.4 Å². The summed E-state index contributed by atoms with van der Waals surface area (Å²) in [7, 11) is -0.0726. The number of aliphatic hydroxyl groups is 1. The number of hydrogen-bond acceptors (Lipinski definition) is 4. The number of benzene rings is 2. The molecule has 210 valence electrons. The molecule has 0 aromatic heterocycles. The quantitative estimate of drug-likeness (QED) is 0.132. The van der Waals surface area contributed by atoms with Crippen LogP contribution in [0.5, 0.6) is 0 Å². The lowest BCUT2D eigenvalue weighted by Gasteiger charge is -2.35. The van der Waals surface area contributed by atoms with Crippen molar-refractivity contribution < 1.29 is 22.6 Å². The predicted molar refractivity (Wildman–Crippen MR) is 154 cm³/mol. The number of nitrogens with zero attached hydrogens (tertiary/aromatic N) is 1.